The molecular weight excluding hydrogens is 392 g/mol. The SMILES string of the molecule is O=C(CSc1ccccc1)N1CCN(c2ccc(OCc3ccccc3)cc2)CC1. The van der Waals surface area contributed by atoms with Crippen LogP contribution in [0.4, 0.5) is 5.69 Å². The lowest BCUT2D eigenvalue weighted by Crippen LogP contribution is -2.49. The summed E-state index contributed by atoms with van der Waals surface area (Å²) in [5.74, 6) is 1.58. The summed E-state index contributed by atoms with van der Waals surface area (Å²) in [5.41, 5.74) is 2.33. The fourth-order valence-electron chi connectivity index (χ4n) is 3.46. The molecule has 0 spiro atoms. The summed E-state index contributed by atoms with van der Waals surface area (Å²) in [6.07, 6.45) is 0. The van der Waals surface area contributed by atoms with Crippen molar-refractivity contribution in [2.24, 2.45) is 0 Å². The summed E-state index contributed by atoms with van der Waals surface area (Å²) in [7, 11) is 0. The highest BCUT2D eigenvalue weighted by Gasteiger charge is 2.21. The van der Waals surface area contributed by atoms with E-state index in [4.69, 9.17) is 4.74 Å². The Morgan fingerprint density at radius 1 is 0.800 bits per heavy atom. The summed E-state index contributed by atoms with van der Waals surface area (Å²) in [6, 6.07) is 28.5. The van der Waals surface area contributed by atoms with Gasteiger partial charge in [-0.3, -0.25) is 4.79 Å². The summed E-state index contributed by atoms with van der Waals surface area (Å²) in [6.45, 7) is 3.81. The minimum absolute atomic E-state index is 0.216. The van der Waals surface area contributed by atoms with Crippen molar-refractivity contribution in [1.29, 1.82) is 0 Å². The van der Waals surface area contributed by atoms with Crippen molar-refractivity contribution in [2.75, 3.05) is 36.8 Å². The van der Waals surface area contributed by atoms with Gasteiger partial charge < -0.3 is 14.5 Å². The Morgan fingerprint density at radius 3 is 2.10 bits per heavy atom. The lowest BCUT2D eigenvalue weighted by molar-refractivity contribution is -0.128. The lowest BCUT2D eigenvalue weighted by atomic mass is 10.2. The van der Waals surface area contributed by atoms with E-state index in [1.54, 1.807) is 11.8 Å². The molecule has 1 amide bonds. The zero-order valence-electron chi connectivity index (χ0n) is 16.9. The normalized spacial score (nSPS) is 13.9. The average molecular weight is 419 g/mol. The van der Waals surface area contributed by atoms with E-state index >= 15 is 0 Å². The molecule has 0 aliphatic carbocycles. The molecular formula is C25H26N2O2S. The molecule has 0 bridgehead atoms. The average Bonchev–Trinajstić information content (AvgIpc) is 2.83. The molecule has 0 unspecified atom stereocenters. The molecule has 4 nitrogen and oxygen atoms in total. The highest BCUT2D eigenvalue weighted by molar-refractivity contribution is 8.00. The summed E-state index contributed by atoms with van der Waals surface area (Å²) >= 11 is 1.61. The number of thioether (sulfide) groups is 1. The van der Waals surface area contributed by atoms with Crippen LogP contribution in [0.25, 0.3) is 0 Å². The van der Waals surface area contributed by atoms with Crippen LogP contribution in [0.2, 0.25) is 0 Å². The first-order chi connectivity index (χ1) is 14.8. The Kier molecular flexibility index (Phi) is 6.93. The zero-order valence-corrected chi connectivity index (χ0v) is 17.8. The van der Waals surface area contributed by atoms with Crippen molar-refractivity contribution in [3.05, 3.63) is 90.5 Å². The number of rotatable bonds is 7. The highest BCUT2D eigenvalue weighted by Crippen LogP contribution is 2.22. The van der Waals surface area contributed by atoms with Crippen LogP contribution < -0.4 is 9.64 Å². The first-order valence-electron chi connectivity index (χ1n) is 10.3. The van der Waals surface area contributed by atoms with Crippen molar-refractivity contribution < 1.29 is 9.53 Å². The van der Waals surface area contributed by atoms with Gasteiger partial charge in [-0.1, -0.05) is 48.5 Å². The molecule has 1 aliphatic heterocycles. The maximum Gasteiger partial charge on any atom is 0.233 e. The fraction of sp³-hybridized carbons (Fsp3) is 0.240. The second-order valence-corrected chi connectivity index (χ2v) is 8.29. The first-order valence-corrected chi connectivity index (χ1v) is 11.2. The van der Waals surface area contributed by atoms with Crippen molar-refractivity contribution in [3.63, 3.8) is 0 Å². The van der Waals surface area contributed by atoms with Crippen LogP contribution >= 0.6 is 11.8 Å². The first kappa shape index (κ1) is 20.4. The van der Waals surface area contributed by atoms with Gasteiger partial charge in [-0.15, -0.1) is 11.8 Å². The molecule has 0 saturated carbocycles. The Morgan fingerprint density at radius 2 is 1.43 bits per heavy atom. The zero-order chi connectivity index (χ0) is 20.6. The quantitative estimate of drug-likeness (QED) is 0.521. The number of benzene rings is 3. The van der Waals surface area contributed by atoms with Crippen molar-refractivity contribution in [3.8, 4) is 5.75 Å². The van der Waals surface area contributed by atoms with Gasteiger partial charge in [0, 0.05) is 36.8 Å². The smallest absolute Gasteiger partial charge is 0.233 e. The van der Waals surface area contributed by atoms with Crippen LogP contribution in [0.1, 0.15) is 5.56 Å². The number of carbonyl (C=O) groups excluding carboxylic acids is 1. The molecule has 1 fully saturated rings. The molecule has 0 N–H and O–H groups in total. The van der Waals surface area contributed by atoms with Crippen molar-refractivity contribution in [1.82, 2.24) is 4.90 Å². The Balaban J connectivity index is 1.23. The molecule has 0 aromatic heterocycles. The van der Waals surface area contributed by atoms with Crippen LogP contribution in [0.3, 0.4) is 0 Å². The van der Waals surface area contributed by atoms with E-state index in [9.17, 15) is 4.79 Å². The van der Waals surface area contributed by atoms with E-state index in [-0.39, 0.29) is 5.91 Å². The second-order valence-electron chi connectivity index (χ2n) is 7.24. The number of piperazine rings is 1. The standard InChI is InChI=1S/C25H26N2O2S/c28-25(20-30-24-9-5-2-6-10-24)27-17-15-26(16-18-27)22-11-13-23(14-12-22)29-19-21-7-3-1-4-8-21/h1-14H,15-20H2. The number of carbonyl (C=O) groups is 1. The molecule has 1 saturated heterocycles. The van der Waals surface area contributed by atoms with Gasteiger partial charge in [-0.05, 0) is 42.0 Å². The van der Waals surface area contributed by atoms with Crippen molar-refractivity contribution >= 4 is 23.4 Å². The topological polar surface area (TPSA) is 32.8 Å². The molecule has 30 heavy (non-hydrogen) atoms. The molecule has 0 atom stereocenters. The van der Waals surface area contributed by atoms with Gasteiger partial charge >= 0.3 is 0 Å². The largest absolute Gasteiger partial charge is 0.489 e. The third-order valence-corrected chi connectivity index (χ3v) is 6.18. The molecule has 3 aromatic rings. The number of ether oxygens (including phenoxy) is 1. The Labute approximate surface area is 182 Å². The fourth-order valence-corrected chi connectivity index (χ4v) is 4.28. The van der Waals surface area contributed by atoms with Crippen LogP contribution in [-0.4, -0.2) is 42.7 Å². The third kappa shape index (κ3) is 5.57. The molecule has 3 aromatic carbocycles. The van der Waals surface area contributed by atoms with Gasteiger partial charge in [0.2, 0.25) is 5.91 Å². The van der Waals surface area contributed by atoms with E-state index < -0.39 is 0 Å². The number of hydrogen-bond donors (Lipinski definition) is 0. The monoisotopic (exact) mass is 418 g/mol. The third-order valence-electron chi connectivity index (χ3n) is 5.19. The van der Waals surface area contributed by atoms with Crippen molar-refractivity contribution in [2.45, 2.75) is 11.5 Å². The number of amides is 1. The van der Waals surface area contributed by atoms with Crippen LogP contribution in [-0.2, 0) is 11.4 Å². The summed E-state index contributed by atoms with van der Waals surface area (Å²) in [4.78, 5) is 18.0. The molecule has 1 aliphatic rings. The van der Waals surface area contributed by atoms with Crippen LogP contribution in [0, 0.1) is 0 Å². The Hall–Kier alpha value is -2.92. The molecule has 0 radical (unpaired) electrons. The van der Waals surface area contributed by atoms with E-state index in [0.29, 0.717) is 12.4 Å². The Bertz CT molecular complexity index is 924. The summed E-state index contributed by atoms with van der Waals surface area (Å²) in [5, 5.41) is 0. The van der Waals surface area contributed by atoms with Gasteiger partial charge in [-0.25, -0.2) is 0 Å². The minimum atomic E-state index is 0.216. The van der Waals surface area contributed by atoms with Gasteiger partial charge in [-0.2, -0.15) is 0 Å². The number of hydrogen-bond acceptors (Lipinski definition) is 4. The van der Waals surface area contributed by atoms with Gasteiger partial charge in [0.1, 0.15) is 12.4 Å². The lowest BCUT2D eigenvalue weighted by Gasteiger charge is -2.36. The van der Waals surface area contributed by atoms with Crippen LogP contribution in [0.5, 0.6) is 5.75 Å². The molecule has 5 heteroatoms. The predicted octanol–water partition coefficient (Wildman–Crippen LogP) is 4.71. The molecule has 1 heterocycles. The maximum atomic E-state index is 12.5. The van der Waals surface area contributed by atoms with E-state index in [1.807, 2.05) is 65.6 Å². The second kappa shape index (κ2) is 10.2. The highest BCUT2D eigenvalue weighted by atomic mass is 32.2. The minimum Gasteiger partial charge on any atom is -0.489 e. The predicted molar refractivity (Wildman–Crippen MR) is 123 cm³/mol. The molecule has 154 valence electrons. The number of nitrogens with zero attached hydrogens (tertiary/aromatic N) is 2. The van der Waals surface area contributed by atoms with E-state index in [1.165, 1.54) is 5.69 Å². The van der Waals surface area contributed by atoms with E-state index in [0.717, 1.165) is 42.4 Å². The van der Waals surface area contributed by atoms with Gasteiger partial charge in [0.25, 0.3) is 0 Å². The molecule has 4 rings (SSSR count). The number of anilines is 1. The van der Waals surface area contributed by atoms with Gasteiger partial charge in [0.05, 0.1) is 5.75 Å². The maximum absolute atomic E-state index is 12.5. The van der Waals surface area contributed by atoms with Crippen LogP contribution in [0.15, 0.2) is 89.8 Å². The summed E-state index contributed by atoms with van der Waals surface area (Å²) < 4.78 is 5.87. The van der Waals surface area contributed by atoms with E-state index in [2.05, 4.69) is 29.2 Å². The van der Waals surface area contributed by atoms with Gasteiger partial charge in [0.15, 0.2) is 0 Å².